The van der Waals surface area contributed by atoms with E-state index >= 15 is 0 Å². The van der Waals surface area contributed by atoms with Crippen LogP contribution in [0.2, 0.25) is 0 Å². The number of benzene rings is 2. The van der Waals surface area contributed by atoms with Gasteiger partial charge in [0.25, 0.3) is 0 Å². The average molecular weight is 398 g/mol. The van der Waals surface area contributed by atoms with Crippen molar-refractivity contribution in [3.05, 3.63) is 54.1 Å². The van der Waals surface area contributed by atoms with E-state index < -0.39 is 0 Å². The molecule has 156 valence electrons. The van der Waals surface area contributed by atoms with Gasteiger partial charge in [0.2, 0.25) is 11.8 Å². The standard InChI is InChI=1S/C23H31N3O3/c1-5-17(2)29-21-11-7-10-20(15-21)25-22(27)16-24-19-9-6-8-18(14-19)12-13-23(28)26(3)4/h6-11,14-15,17,24H,5,12-13,16H2,1-4H3,(H,25,27). The van der Waals surface area contributed by atoms with Gasteiger partial charge in [-0.25, -0.2) is 0 Å². The van der Waals surface area contributed by atoms with Gasteiger partial charge in [0.15, 0.2) is 0 Å². The fourth-order valence-electron chi connectivity index (χ4n) is 2.66. The molecule has 0 saturated heterocycles. The quantitative estimate of drug-likeness (QED) is 0.637. The molecule has 0 heterocycles. The monoisotopic (exact) mass is 397 g/mol. The molecule has 0 aliphatic heterocycles. The Bertz CT molecular complexity index is 821. The molecule has 6 nitrogen and oxygen atoms in total. The van der Waals surface area contributed by atoms with E-state index in [0.717, 1.165) is 23.4 Å². The first-order valence-corrected chi connectivity index (χ1v) is 9.97. The Morgan fingerprint density at radius 3 is 2.52 bits per heavy atom. The normalized spacial score (nSPS) is 11.4. The van der Waals surface area contributed by atoms with Crippen LogP contribution < -0.4 is 15.4 Å². The first-order valence-electron chi connectivity index (χ1n) is 9.97. The van der Waals surface area contributed by atoms with E-state index in [-0.39, 0.29) is 24.5 Å². The van der Waals surface area contributed by atoms with Gasteiger partial charge in [0, 0.05) is 38.0 Å². The van der Waals surface area contributed by atoms with E-state index in [1.807, 2.05) is 55.5 Å². The van der Waals surface area contributed by atoms with Crippen LogP contribution in [0.25, 0.3) is 0 Å². The molecule has 0 fully saturated rings. The van der Waals surface area contributed by atoms with Gasteiger partial charge in [-0.2, -0.15) is 0 Å². The minimum atomic E-state index is -0.140. The molecular weight excluding hydrogens is 366 g/mol. The molecule has 0 bridgehead atoms. The van der Waals surface area contributed by atoms with Gasteiger partial charge in [-0.15, -0.1) is 0 Å². The molecule has 1 unspecified atom stereocenters. The van der Waals surface area contributed by atoms with E-state index in [1.54, 1.807) is 19.0 Å². The maximum atomic E-state index is 12.3. The fraction of sp³-hybridized carbons (Fsp3) is 0.391. The molecule has 0 spiro atoms. The number of carbonyl (C=O) groups excluding carboxylic acids is 2. The number of carbonyl (C=O) groups is 2. The van der Waals surface area contributed by atoms with Crippen LogP contribution in [-0.2, 0) is 16.0 Å². The third kappa shape index (κ3) is 7.86. The molecule has 2 rings (SSSR count). The second-order valence-corrected chi connectivity index (χ2v) is 7.25. The molecule has 2 amide bonds. The SMILES string of the molecule is CCC(C)Oc1cccc(NC(=O)CNc2cccc(CCC(=O)N(C)C)c2)c1. The third-order valence-electron chi connectivity index (χ3n) is 4.54. The number of ether oxygens (including phenoxy) is 1. The van der Waals surface area contributed by atoms with E-state index in [2.05, 4.69) is 17.6 Å². The summed E-state index contributed by atoms with van der Waals surface area (Å²) in [5, 5.41) is 6.01. The Labute approximate surface area is 173 Å². The summed E-state index contributed by atoms with van der Waals surface area (Å²) in [7, 11) is 3.51. The van der Waals surface area contributed by atoms with Crippen LogP contribution in [0.5, 0.6) is 5.75 Å². The zero-order valence-electron chi connectivity index (χ0n) is 17.7. The van der Waals surface area contributed by atoms with Crippen molar-refractivity contribution in [2.75, 3.05) is 31.3 Å². The summed E-state index contributed by atoms with van der Waals surface area (Å²) in [6, 6.07) is 15.2. The highest BCUT2D eigenvalue weighted by Gasteiger charge is 2.07. The second-order valence-electron chi connectivity index (χ2n) is 7.25. The summed E-state index contributed by atoms with van der Waals surface area (Å²) in [6.07, 6.45) is 2.18. The van der Waals surface area contributed by atoms with Gasteiger partial charge in [-0.1, -0.05) is 25.1 Å². The van der Waals surface area contributed by atoms with Gasteiger partial charge in [0.05, 0.1) is 12.6 Å². The molecule has 2 aromatic rings. The molecule has 0 radical (unpaired) electrons. The van der Waals surface area contributed by atoms with Crippen molar-refractivity contribution >= 4 is 23.2 Å². The van der Waals surface area contributed by atoms with E-state index in [0.29, 0.717) is 18.5 Å². The van der Waals surface area contributed by atoms with Gasteiger partial charge < -0.3 is 20.3 Å². The lowest BCUT2D eigenvalue weighted by Crippen LogP contribution is -2.22. The minimum Gasteiger partial charge on any atom is -0.491 e. The number of rotatable bonds is 10. The summed E-state index contributed by atoms with van der Waals surface area (Å²) in [5.41, 5.74) is 2.61. The zero-order chi connectivity index (χ0) is 21.2. The lowest BCUT2D eigenvalue weighted by Gasteiger charge is -2.14. The number of amides is 2. The van der Waals surface area contributed by atoms with Crippen LogP contribution in [0.4, 0.5) is 11.4 Å². The molecule has 29 heavy (non-hydrogen) atoms. The maximum absolute atomic E-state index is 12.3. The Morgan fingerprint density at radius 2 is 1.79 bits per heavy atom. The highest BCUT2D eigenvalue weighted by atomic mass is 16.5. The van der Waals surface area contributed by atoms with Crippen molar-refractivity contribution in [1.82, 2.24) is 4.90 Å². The van der Waals surface area contributed by atoms with Gasteiger partial charge >= 0.3 is 0 Å². The van der Waals surface area contributed by atoms with Crippen molar-refractivity contribution in [1.29, 1.82) is 0 Å². The Hall–Kier alpha value is -3.02. The summed E-state index contributed by atoms with van der Waals surface area (Å²) in [4.78, 5) is 25.6. The number of anilines is 2. The Balaban J connectivity index is 1.85. The topological polar surface area (TPSA) is 70.7 Å². The van der Waals surface area contributed by atoms with Crippen molar-refractivity contribution in [2.45, 2.75) is 39.2 Å². The van der Waals surface area contributed by atoms with Crippen molar-refractivity contribution in [2.24, 2.45) is 0 Å². The minimum absolute atomic E-state index is 0.0993. The summed E-state index contributed by atoms with van der Waals surface area (Å²) in [6.45, 7) is 4.23. The first-order chi connectivity index (χ1) is 13.9. The van der Waals surface area contributed by atoms with Crippen LogP contribution in [0.3, 0.4) is 0 Å². The zero-order valence-corrected chi connectivity index (χ0v) is 17.7. The first kappa shape index (κ1) is 22.3. The van der Waals surface area contributed by atoms with Gasteiger partial charge in [-0.3, -0.25) is 9.59 Å². The number of nitrogens with zero attached hydrogens (tertiary/aromatic N) is 1. The molecule has 1 atom stereocenters. The fourth-order valence-corrected chi connectivity index (χ4v) is 2.66. The molecule has 2 N–H and O–H groups in total. The lowest BCUT2D eigenvalue weighted by atomic mass is 10.1. The van der Waals surface area contributed by atoms with Crippen LogP contribution in [0, 0.1) is 0 Å². The van der Waals surface area contributed by atoms with Crippen LogP contribution >= 0.6 is 0 Å². The summed E-state index contributed by atoms with van der Waals surface area (Å²) >= 11 is 0. The highest BCUT2D eigenvalue weighted by molar-refractivity contribution is 5.93. The predicted molar refractivity (Wildman–Crippen MR) is 117 cm³/mol. The lowest BCUT2D eigenvalue weighted by molar-refractivity contribution is -0.128. The van der Waals surface area contributed by atoms with E-state index in [9.17, 15) is 9.59 Å². The molecule has 0 aliphatic carbocycles. The summed E-state index contributed by atoms with van der Waals surface area (Å²) in [5.74, 6) is 0.700. The molecule has 0 saturated carbocycles. The molecule has 0 aromatic heterocycles. The van der Waals surface area contributed by atoms with Gasteiger partial charge in [0.1, 0.15) is 5.75 Å². The third-order valence-corrected chi connectivity index (χ3v) is 4.54. The molecule has 0 aliphatic rings. The van der Waals surface area contributed by atoms with E-state index in [1.165, 1.54) is 0 Å². The van der Waals surface area contributed by atoms with Crippen molar-refractivity contribution in [3.8, 4) is 5.75 Å². The smallest absolute Gasteiger partial charge is 0.243 e. The second kappa shape index (κ2) is 11.1. The largest absolute Gasteiger partial charge is 0.491 e. The van der Waals surface area contributed by atoms with Crippen molar-refractivity contribution < 1.29 is 14.3 Å². The number of aryl methyl sites for hydroxylation is 1. The molecular formula is C23H31N3O3. The number of hydrogen-bond donors (Lipinski definition) is 2. The van der Waals surface area contributed by atoms with E-state index in [4.69, 9.17) is 4.74 Å². The summed E-state index contributed by atoms with van der Waals surface area (Å²) < 4.78 is 5.79. The van der Waals surface area contributed by atoms with Crippen LogP contribution in [-0.4, -0.2) is 43.5 Å². The number of nitrogens with one attached hydrogen (secondary N) is 2. The Morgan fingerprint density at radius 1 is 1.07 bits per heavy atom. The van der Waals surface area contributed by atoms with Crippen LogP contribution in [0.1, 0.15) is 32.3 Å². The molecule has 2 aromatic carbocycles. The average Bonchev–Trinajstić information content (AvgIpc) is 2.71. The van der Waals surface area contributed by atoms with Crippen LogP contribution in [0.15, 0.2) is 48.5 Å². The molecule has 6 heteroatoms. The predicted octanol–water partition coefficient (Wildman–Crippen LogP) is 3.94. The van der Waals surface area contributed by atoms with Crippen molar-refractivity contribution in [3.63, 3.8) is 0 Å². The van der Waals surface area contributed by atoms with Gasteiger partial charge in [-0.05, 0) is 49.6 Å². The highest BCUT2D eigenvalue weighted by Crippen LogP contribution is 2.19. The Kier molecular flexibility index (Phi) is 8.52. The maximum Gasteiger partial charge on any atom is 0.243 e. The number of hydrogen-bond acceptors (Lipinski definition) is 4.